The Morgan fingerprint density at radius 1 is 1.12 bits per heavy atom. The average molecular weight is 458 g/mol. The summed E-state index contributed by atoms with van der Waals surface area (Å²) in [4.78, 5) is 27.0. The van der Waals surface area contributed by atoms with Crippen LogP contribution >= 0.6 is 0 Å². The van der Waals surface area contributed by atoms with Crippen LogP contribution < -0.4 is 10.2 Å². The summed E-state index contributed by atoms with van der Waals surface area (Å²) in [7, 11) is -3.66. The van der Waals surface area contributed by atoms with E-state index in [1.807, 2.05) is 31.2 Å². The predicted octanol–water partition coefficient (Wildman–Crippen LogP) is 1.61. The maximum absolute atomic E-state index is 13.0. The lowest BCUT2D eigenvalue weighted by Gasteiger charge is -2.26. The number of anilines is 1. The first-order valence-electron chi connectivity index (χ1n) is 10.6. The van der Waals surface area contributed by atoms with Crippen molar-refractivity contribution in [2.75, 3.05) is 31.2 Å². The van der Waals surface area contributed by atoms with E-state index in [9.17, 15) is 18.0 Å². The summed E-state index contributed by atoms with van der Waals surface area (Å²) in [5, 5.41) is 2.91. The molecule has 8 nitrogen and oxygen atoms in total. The number of carbonyl (C=O) groups excluding carboxylic acids is 2. The minimum atomic E-state index is -3.66. The molecule has 0 unspecified atom stereocenters. The van der Waals surface area contributed by atoms with Gasteiger partial charge in [-0.25, -0.2) is 8.42 Å². The number of rotatable bonds is 5. The van der Waals surface area contributed by atoms with E-state index in [-0.39, 0.29) is 23.1 Å². The molecule has 0 spiro atoms. The molecule has 0 radical (unpaired) electrons. The van der Waals surface area contributed by atoms with Crippen molar-refractivity contribution in [3.05, 3.63) is 59.2 Å². The summed E-state index contributed by atoms with van der Waals surface area (Å²) in [6, 6.07) is 11.8. The van der Waals surface area contributed by atoms with Gasteiger partial charge in [0.1, 0.15) is 6.04 Å². The lowest BCUT2D eigenvalue weighted by atomic mass is 10.1. The number of fused-ring (bicyclic) bond motifs is 1. The number of amides is 2. The molecule has 32 heavy (non-hydrogen) atoms. The van der Waals surface area contributed by atoms with Gasteiger partial charge in [0.2, 0.25) is 21.8 Å². The van der Waals surface area contributed by atoms with Gasteiger partial charge in [-0.3, -0.25) is 14.5 Å². The summed E-state index contributed by atoms with van der Waals surface area (Å²) in [5.41, 5.74) is 3.32. The van der Waals surface area contributed by atoms with Crippen molar-refractivity contribution in [3.8, 4) is 0 Å². The molecule has 2 aromatic carbocycles. The van der Waals surface area contributed by atoms with Gasteiger partial charge in [0.15, 0.2) is 0 Å². The number of ether oxygens (including phenoxy) is 1. The second-order valence-electron chi connectivity index (χ2n) is 8.12. The smallest absolute Gasteiger partial charge is 0.243 e. The first kappa shape index (κ1) is 22.4. The van der Waals surface area contributed by atoms with Crippen LogP contribution in [0.1, 0.15) is 23.6 Å². The molecule has 1 fully saturated rings. The zero-order chi connectivity index (χ0) is 22.9. The molecule has 1 atom stereocenters. The number of sulfonamides is 1. The van der Waals surface area contributed by atoms with Crippen LogP contribution in [0, 0.1) is 6.92 Å². The molecule has 1 saturated heterocycles. The summed E-state index contributed by atoms with van der Waals surface area (Å²) in [6.07, 6.45) is 0.265. The maximum Gasteiger partial charge on any atom is 0.243 e. The van der Waals surface area contributed by atoms with Crippen LogP contribution in [-0.2, 0) is 37.3 Å². The molecule has 0 aliphatic carbocycles. The Hall–Kier alpha value is -2.75. The highest BCUT2D eigenvalue weighted by Crippen LogP contribution is 2.35. The number of aryl methyl sites for hydroxylation is 1. The van der Waals surface area contributed by atoms with E-state index in [0.29, 0.717) is 44.1 Å². The predicted molar refractivity (Wildman–Crippen MR) is 120 cm³/mol. The van der Waals surface area contributed by atoms with Crippen LogP contribution in [0.25, 0.3) is 0 Å². The first-order valence-corrected chi connectivity index (χ1v) is 12.1. The van der Waals surface area contributed by atoms with Crippen molar-refractivity contribution < 1.29 is 22.7 Å². The second kappa shape index (κ2) is 9.01. The number of nitrogens with one attached hydrogen (secondary N) is 1. The molecule has 170 valence electrons. The number of hydrogen-bond donors (Lipinski definition) is 1. The number of morpholine rings is 1. The van der Waals surface area contributed by atoms with Gasteiger partial charge >= 0.3 is 0 Å². The van der Waals surface area contributed by atoms with Gasteiger partial charge < -0.3 is 10.1 Å². The lowest BCUT2D eigenvalue weighted by Crippen LogP contribution is -2.47. The molecule has 2 heterocycles. The highest BCUT2D eigenvalue weighted by atomic mass is 32.2. The van der Waals surface area contributed by atoms with E-state index in [4.69, 9.17) is 4.74 Å². The van der Waals surface area contributed by atoms with Crippen LogP contribution in [0.3, 0.4) is 0 Å². The van der Waals surface area contributed by atoms with Gasteiger partial charge in [0, 0.05) is 38.7 Å². The molecule has 0 aromatic heterocycles. The first-order chi connectivity index (χ1) is 15.3. The number of benzene rings is 2. The monoisotopic (exact) mass is 457 g/mol. The summed E-state index contributed by atoms with van der Waals surface area (Å²) >= 11 is 0. The Kier molecular flexibility index (Phi) is 6.32. The van der Waals surface area contributed by atoms with E-state index in [1.165, 1.54) is 22.2 Å². The molecule has 2 amide bonds. The Morgan fingerprint density at radius 3 is 2.56 bits per heavy atom. The van der Waals surface area contributed by atoms with Gasteiger partial charge in [-0.1, -0.05) is 29.8 Å². The molecule has 2 aliphatic heterocycles. The van der Waals surface area contributed by atoms with Crippen molar-refractivity contribution in [1.29, 1.82) is 0 Å². The second-order valence-corrected chi connectivity index (χ2v) is 10.1. The Morgan fingerprint density at radius 2 is 1.88 bits per heavy atom. The molecule has 2 aliphatic rings. The summed E-state index contributed by atoms with van der Waals surface area (Å²) in [5.74, 6) is -0.529. The van der Waals surface area contributed by atoms with Gasteiger partial charge in [-0.15, -0.1) is 0 Å². The third kappa shape index (κ3) is 4.41. The standard InChI is InChI=1S/C23H27N3O5S/c1-16-4-3-5-18(12-16)15-24-23(28)22-14-19-13-20(6-7-21(19)26(22)17(2)27)32(29,30)25-8-10-31-11-9-25/h3-7,12-13,22H,8-11,14-15H2,1-2H3,(H,24,28)/t22-/m0/s1. The minimum Gasteiger partial charge on any atom is -0.379 e. The lowest BCUT2D eigenvalue weighted by molar-refractivity contribution is -0.125. The third-order valence-corrected chi connectivity index (χ3v) is 7.73. The van der Waals surface area contributed by atoms with Crippen molar-refractivity contribution in [2.45, 2.75) is 37.8 Å². The van der Waals surface area contributed by atoms with Crippen LogP contribution in [0.5, 0.6) is 0 Å². The van der Waals surface area contributed by atoms with Gasteiger partial charge in [0.25, 0.3) is 0 Å². The molecular formula is C23H27N3O5S. The Balaban J connectivity index is 1.55. The maximum atomic E-state index is 13.0. The molecule has 4 rings (SSSR count). The Bertz CT molecular complexity index is 1140. The largest absolute Gasteiger partial charge is 0.379 e. The average Bonchev–Trinajstić information content (AvgIpc) is 3.17. The zero-order valence-corrected chi connectivity index (χ0v) is 19.0. The highest BCUT2D eigenvalue weighted by Gasteiger charge is 2.38. The fourth-order valence-corrected chi connectivity index (χ4v) is 5.71. The summed E-state index contributed by atoms with van der Waals surface area (Å²) < 4.78 is 32.7. The van der Waals surface area contributed by atoms with Crippen LogP contribution in [0.4, 0.5) is 5.69 Å². The van der Waals surface area contributed by atoms with Crippen molar-refractivity contribution in [1.82, 2.24) is 9.62 Å². The quantitative estimate of drug-likeness (QED) is 0.736. The van der Waals surface area contributed by atoms with Crippen LogP contribution in [-0.4, -0.2) is 56.9 Å². The van der Waals surface area contributed by atoms with E-state index in [2.05, 4.69) is 5.32 Å². The van der Waals surface area contributed by atoms with Crippen molar-refractivity contribution in [3.63, 3.8) is 0 Å². The number of nitrogens with zero attached hydrogens (tertiary/aromatic N) is 2. The molecular weight excluding hydrogens is 430 g/mol. The van der Waals surface area contributed by atoms with Gasteiger partial charge in [0.05, 0.1) is 18.1 Å². The molecule has 1 N–H and O–H groups in total. The highest BCUT2D eigenvalue weighted by molar-refractivity contribution is 7.89. The van der Waals surface area contributed by atoms with Gasteiger partial charge in [-0.2, -0.15) is 4.31 Å². The Labute approximate surface area is 188 Å². The topological polar surface area (TPSA) is 96.0 Å². The van der Waals surface area contributed by atoms with E-state index in [1.54, 1.807) is 12.1 Å². The molecule has 0 saturated carbocycles. The van der Waals surface area contributed by atoms with Gasteiger partial charge in [-0.05, 0) is 36.2 Å². The van der Waals surface area contributed by atoms with Crippen LogP contribution in [0.15, 0.2) is 47.4 Å². The number of hydrogen-bond acceptors (Lipinski definition) is 5. The van der Waals surface area contributed by atoms with E-state index >= 15 is 0 Å². The minimum absolute atomic E-state index is 0.169. The fraction of sp³-hybridized carbons (Fsp3) is 0.391. The summed E-state index contributed by atoms with van der Waals surface area (Å²) in [6.45, 7) is 5.10. The van der Waals surface area contributed by atoms with Crippen molar-refractivity contribution in [2.24, 2.45) is 0 Å². The fourth-order valence-electron chi connectivity index (χ4n) is 4.25. The SMILES string of the molecule is CC(=O)N1c2ccc(S(=O)(=O)N3CCOCC3)cc2C[C@H]1C(=O)NCc1cccc(C)c1. The molecule has 0 bridgehead atoms. The van der Waals surface area contributed by atoms with E-state index < -0.39 is 16.1 Å². The number of carbonyl (C=O) groups is 2. The van der Waals surface area contributed by atoms with Crippen LogP contribution in [0.2, 0.25) is 0 Å². The zero-order valence-electron chi connectivity index (χ0n) is 18.2. The molecule has 9 heteroatoms. The van der Waals surface area contributed by atoms with E-state index in [0.717, 1.165) is 11.1 Å². The third-order valence-electron chi connectivity index (χ3n) is 5.83. The molecule has 2 aromatic rings. The normalized spacial score (nSPS) is 18.9. The van der Waals surface area contributed by atoms with Crippen molar-refractivity contribution >= 4 is 27.5 Å².